The smallest absolute Gasteiger partial charge is 0.416 e. The Morgan fingerprint density at radius 2 is 1.81 bits per heavy atom. The molecular weight excluding hydrogens is 351 g/mol. The number of methoxy groups -OCH3 is 1. The van der Waals surface area contributed by atoms with Crippen LogP contribution in [0.15, 0.2) is 48.5 Å². The van der Waals surface area contributed by atoms with Gasteiger partial charge in [-0.3, -0.25) is 9.59 Å². The highest BCUT2D eigenvalue weighted by Gasteiger charge is 2.30. The van der Waals surface area contributed by atoms with Crippen molar-refractivity contribution in [2.45, 2.75) is 12.6 Å². The van der Waals surface area contributed by atoms with E-state index in [0.29, 0.717) is 11.3 Å². The molecular formula is C18H16F3NO4. The maximum absolute atomic E-state index is 12.6. The molecule has 0 fully saturated rings. The highest BCUT2D eigenvalue weighted by Crippen LogP contribution is 2.30. The van der Waals surface area contributed by atoms with E-state index in [1.165, 1.54) is 19.2 Å². The van der Waals surface area contributed by atoms with Crippen molar-refractivity contribution in [3.05, 3.63) is 59.7 Å². The predicted molar refractivity (Wildman–Crippen MR) is 87.7 cm³/mol. The third-order valence-electron chi connectivity index (χ3n) is 3.32. The summed E-state index contributed by atoms with van der Waals surface area (Å²) >= 11 is 0. The highest BCUT2D eigenvalue weighted by molar-refractivity contribution is 5.93. The Bertz CT molecular complexity index is 790. The molecule has 2 rings (SSSR count). The Labute approximate surface area is 147 Å². The standard InChI is InChI=1S/C18H16F3NO4/c1-25-15-7-2-4-12(8-15)9-17(24)26-11-16(23)22-14-6-3-5-13(10-14)18(19,20)21/h2-8,10H,9,11H2,1H3,(H,22,23). The quantitative estimate of drug-likeness (QED) is 0.795. The molecule has 26 heavy (non-hydrogen) atoms. The van der Waals surface area contributed by atoms with Crippen molar-refractivity contribution >= 4 is 17.6 Å². The molecule has 0 aliphatic heterocycles. The van der Waals surface area contributed by atoms with Crippen LogP contribution < -0.4 is 10.1 Å². The van der Waals surface area contributed by atoms with Gasteiger partial charge in [-0.1, -0.05) is 18.2 Å². The number of hydrogen-bond donors (Lipinski definition) is 1. The summed E-state index contributed by atoms with van der Waals surface area (Å²) in [5, 5.41) is 2.26. The van der Waals surface area contributed by atoms with Gasteiger partial charge in [-0.25, -0.2) is 0 Å². The van der Waals surface area contributed by atoms with E-state index in [0.717, 1.165) is 12.1 Å². The minimum Gasteiger partial charge on any atom is -0.497 e. The summed E-state index contributed by atoms with van der Waals surface area (Å²) in [7, 11) is 1.50. The minimum atomic E-state index is -4.51. The fourth-order valence-electron chi connectivity index (χ4n) is 2.12. The molecule has 1 amide bonds. The van der Waals surface area contributed by atoms with E-state index in [-0.39, 0.29) is 12.1 Å². The number of hydrogen-bond acceptors (Lipinski definition) is 4. The van der Waals surface area contributed by atoms with E-state index >= 15 is 0 Å². The normalized spacial score (nSPS) is 10.9. The van der Waals surface area contributed by atoms with Crippen molar-refractivity contribution in [1.82, 2.24) is 0 Å². The van der Waals surface area contributed by atoms with Crippen molar-refractivity contribution in [2.24, 2.45) is 0 Å². The number of halogens is 3. The third-order valence-corrected chi connectivity index (χ3v) is 3.32. The van der Waals surface area contributed by atoms with Gasteiger partial charge in [0.15, 0.2) is 6.61 Å². The molecule has 0 radical (unpaired) electrons. The fraction of sp³-hybridized carbons (Fsp3) is 0.222. The zero-order valence-electron chi connectivity index (χ0n) is 13.8. The van der Waals surface area contributed by atoms with Gasteiger partial charge in [-0.15, -0.1) is 0 Å². The fourth-order valence-corrected chi connectivity index (χ4v) is 2.12. The molecule has 1 N–H and O–H groups in total. The van der Waals surface area contributed by atoms with Gasteiger partial charge < -0.3 is 14.8 Å². The van der Waals surface area contributed by atoms with Gasteiger partial charge in [0.05, 0.1) is 19.1 Å². The van der Waals surface area contributed by atoms with Gasteiger partial charge in [-0.2, -0.15) is 13.2 Å². The number of carbonyl (C=O) groups is 2. The number of carbonyl (C=O) groups excluding carboxylic acids is 2. The number of rotatable bonds is 6. The number of anilines is 1. The van der Waals surface area contributed by atoms with E-state index in [9.17, 15) is 22.8 Å². The van der Waals surface area contributed by atoms with Crippen LogP contribution in [0, 0.1) is 0 Å². The zero-order valence-corrected chi connectivity index (χ0v) is 13.8. The molecule has 0 saturated carbocycles. The molecule has 0 heterocycles. The van der Waals surface area contributed by atoms with E-state index in [1.54, 1.807) is 24.3 Å². The summed E-state index contributed by atoms with van der Waals surface area (Å²) in [6, 6.07) is 11.0. The van der Waals surface area contributed by atoms with Crippen LogP contribution >= 0.6 is 0 Å². The van der Waals surface area contributed by atoms with Crippen LogP contribution in [0.5, 0.6) is 5.75 Å². The highest BCUT2D eigenvalue weighted by atomic mass is 19.4. The van der Waals surface area contributed by atoms with E-state index < -0.39 is 30.2 Å². The first-order valence-corrected chi connectivity index (χ1v) is 7.53. The van der Waals surface area contributed by atoms with Gasteiger partial charge in [0.2, 0.25) is 0 Å². The molecule has 0 aliphatic rings. The van der Waals surface area contributed by atoms with Gasteiger partial charge in [0, 0.05) is 5.69 Å². The SMILES string of the molecule is COc1cccc(CC(=O)OCC(=O)Nc2cccc(C(F)(F)F)c2)c1. The zero-order chi connectivity index (χ0) is 19.2. The van der Waals surface area contributed by atoms with E-state index in [1.807, 2.05) is 0 Å². The third kappa shape index (κ3) is 5.80. The Balaban J connectivity index is 1.85. The molecule has 0 aliphatic carbocycles. The minimum absolute atomic E-state index is 0.0336. The van der Waals surface area contributed by atoms with Crippen LogP contribution in [0.25, 0.3) is 0 Å². The number of nitrogens with one attached hydrogen (secondary N) is 1. The summed E-state index contributed by atoms with van der Waals surface area (Å²) in [6.07, 6.45) is -4.57. The molecule has 0 spiro atoms. The molecule has 0 aromatic heterocycles. The Morgan fingerprint density at radius 1 is 1.08 bits per heavy atom. The number of esters is 1. The first-order chi connectivity index (χ1) is 12.3. The first-order valence-electron chi connectivity index (χ1n) is 7.53. The lowest BCUT2D eigenvalue weighted by Crippen LogP contribution is -2.21. The maximum atomic E-state index is 12.6. The Morgan fingerprint density at radius 3 is 2.50 bits per heavy atom. The van der Waals surface area contributed by atoms with Crippen LogP contribution in [0.1, 0.15) is 11.1 Å². The molecule has 0 saturated heterocycles. The average Bonchev–Trinajstić information content (AvgIpc) is 2.59. The molecule has 138 valence electrons. The van der Waals surface area contributed by atoms with Gasteiger partial charge in [0.1, 0.15) is 5.75 Å². The topological polar surface area (TPSA) is 64.6 Å². The average molecular weight is 367 g/mol. The number of amides is 1. The van der Waals surface area contributed by atoms with Crippen molar-refractivity contribution in [1.29, 1.82) is 0 Å². The Kier molecular flexibility index (Phi) is 6.21. The van der Waals surface area contributed by atoms with Crippen molar-refractivity contribution in [2.75, 3.05) is 19.0 Å². The van der Waals surface area contributed by atoms with Crippen LogP contribution in [0.4, 0.5) is 18.9 Å². The lowest BCUT2D eigenvalue weighted by molar-refractivity contribution is -0.146. The van der Waals surface area contributed by atoms with E-state index in [4.69, 9.17) is 9.47 Å². The maximum Gasteiger partial charge on any atom is 0.416 e. The molecule has 8 heteroatoms. The van der Waals surface area contributed by atoms with Crippen LogP contribution in [-0.4, -0.2) is 25.6 Å². The largest absolute Gasteiger partial charge is 0.497 e. The number of alkyl halides is 3. The molecule has 0 bridgehead atoms. The molecule has 0 unspecified atom stereocenters. The summed E-state index contributed by atoms with van der Waals surface area (Å²) in [6.45, 7) is -0.598. The van der Waals surface area contributed by atoms with E-state index in [2.05, 4.69) is 5.32 Å². The van der Waals surface area contributed by atoms with Gasteiger partial charge >= 0.3 is 12.1 Å². The van der Waals surface area contributed by atoms with Gasteiger partial charge in [-0.05, 0) is 35.9 Å². The molecule has 2 aromatic carbocycles. The lowest BCUT2D eigenvalue weighted by Gasteiger charge is -2.10. The molecule has 0 atom stereocenters. The van der Waals surface area contributed by atoms with Crippen molar-refractivity contribution in [3.8, 4) is 5.75 Å². The van der Waals surface area contributed by atoms with Crippen molar-refractivity contribution in [3.63, 3.8) is 0 Å². The van der Waals surface area contributed by atoms with Crippen LogP contribution in [0.2, 0.25) is 0 Å². The number of ether oxygens (including phenoxy) is 2. The monoisotopic (exact) mass is 367 g/mol. The first kappa shape index (κ1) is 19.3. The summed E-state index contributed by atoms with van der Waals surface area (Å²) in [4.78, 5) is 23.5. The summed E-state index contributed by atoms with van der Waals surface area (Å²) < 4.78 is 47.8. The van der Waals surface area contributed by atoms with Crippen LogP contribution in [0.3, 0.4) is 0 Å². The second-order valence-corrected chi connectivity index (χ2v) is 5.32. The summed E-state index contributed by atoms with van der Waals surface area (Å²) in [5.74, 6) is -0.793. The lowest BCUT2D eigenvalue weighted by atomic mass is 10.1. The predicted octanol–water partition coefficient (Wildman–Crippen LogP) is 3.44. The molecule has 5 nitrogen and oxygen atoms in total. The number of benzene rings is 2. The van der Waals surface area contributed by atoms with Crippen LogP contribution in [-0.2, 0) is 26.9 Å². The second kappa shape index (κ2) is 8.37. The Hall–Kier alpha value is -3.03. The van der Waals surface area contributed by atoms with Crippen molar-refractivity contribution < 1.29 is 32.2 Å². The second-order valence-electron chi connectivity index (χ2n) is 5.32. The van der Waals surface area contributed by atoms with Gasteiger partial charge in [0.25, 0.3) is 5.91 Å². The summed E-state index contributed by atoms with van der Waals surface area (Å²) in [5.41, 5.74) is -0.272. The molecule has 2 aromatic rings.